The fraction of sp³-hybridized carbons (Fsp3) is 0.448. The Morgan fingerprint density at radius 3 is 2.29 bits per heavy atom. The van der Waals surface area contributed by atoms with Crippen molar-refractivity contribution in [1.29, 1.82) is 0 Å². The molecule has 0 amide bonds. The van der Waals surface area contributed by atoms with E-state index in [9.17, 15) is 4.79 Å². The monoisotopic (exact) mass is 456 g/mol. The second kappa shape index (κ2) is 8.30. The van der Waals surface area contributed by atoms with Crippen LogP contribution in [0.5, 0.6) is 5.75 Å². The maximum atomic E-state index is 11.2. The first-order chi connectivity index (χ1) is 16.5. The molecule has 4 bridgehead atoms. The Labute approximate surface area is 200 Å². The third-order valence-electron chi connectivity index (χ3n) is 8.34. The van der Waals surface area contributed by atoms with Gasteiger partial charge in [0.05, 0.1) is 24.1 Å². The summed E-state index contributed by atoms with van der Waals surface area (Å²) in [6.07, 6.45) is 11.1. The number of nitrogens with zero attached hydrogens (tertiary/aromatic N) is 1. The number of H-pyrrole nitrogens is 1. The van der Waals surface area contributed by atoms with E-state index in [1.807, 2.05) is 6.20 Å². The number of benzene rings is 2. The Bertz CT molecular complexity index is 1180. The van der Waals surface area contributed by atoms with Gasteiger partial charge in [0.1, 0.15) is 11.6 Å². The number of hydrogen-bond acceptors (Lipinski definition) is 3. The average molecular weight is 457 g/mol. The van der Waals surface area contributed by atoms with Gasteiger partial charge in [0.25, 0.3) is 0 Å². The molecule has 5 nitrogen and oxygen atoms in total. The number of aromatic amines is 1. The standard InChI is InChI=1S/C29H32N2O3/c1-2-9-34-26-8-7-23(13-24(26)29-14-18-10-19(15-29)12-20(11-18)16-29)25-17-30-27(31-25)21-3-5-22(6-4-21)28(32)33/h3-8,13,17-20H,2,9-12,14-16H2,1H3,(H,30,31)(H,32,33). The molecule has 1 aromatic heterocycles. The van der Waals surface area contributed by atoms with Crippen LogP contribution in [0, 0.1) is 17.8 Å². The van der Waals surface area contributed by atoms with E-state index in [1.165, 1.54) is 44.1 Å². The van der Waals surface area contributed by atoms with Gasteiger partial charge in [-0.15, -0.1) is 0 Å². The molecule has 2 aromatic carbocycles. The Morgan fingerprint density at radius 1 is 1.03 bits per heavy atom. The summed E-state index contributed by atoms with van der Waals surface area (Å²) in [4.78, 5) is 19.2. The smallest absolute Gasteiger partial charge is 0.335 e. The van der Waals surface area contributed by atoms with E-state index in [0.717, 1.165) is 59.2 Å². The first kappa shape index (κ1) is 21.5. The number of aromatic nitrogens is 2. The quantitative estimate of drug-likeness (QED) is 0.415. The lowest BCUT2D eigenvalue weighted by Gasteiger charge is -2.57. The van der Waals surface area contributed by atoms with Crippen molar-refractivity contribution < 1.29 is 14.6 Å². The number of carboxylic acid groups (broad SMARTS) is 1. The minimum absolute atomic E-state index is 0.253. The first-order valence-electron chi connectivity index (χ1n) is 12.7. The van der Waals surface area contributed by atoms with E-state index < -0.39 is 5.97 Å². The number of ether oxygens (including phenoxy) is 1. The molecular formula is C29H32N2O3. The van der Waals surface area contributed by atoms with Crippen molar-refractivity contribution in [2.45, 2.75) is 57.3 Å². The molecular weight excluding hydrogens is 424 g/mol. The maximum Gasteiger partial charge on any atom is 0.335 e. The highest BCUT2D eigenvalue weighted by Crippen LogP contribution is 2.62. The molecule has 7 rings (SSSR count). The van der Waals surface area contributed by atoms with Crippen LogP contribution in [0.4, 0.5) is 0 Å². The minimum Gasteiger partial charge on any atom is -0.493 e. The van der Waals surface area contributed by atoms with Gasteiger partial charge in [0.15, 0.2) is 0 Å². The van der Waals surface area contributed by atoms with Crippen LogP contribution >= 0.6 is 0 Å². The number of carbonyl (C=O) groups is 1. The number of carboxylic acids is 1. The summed E-state index contributed by atoms with van der Waals surface area (Å²) in [7, 11) is 0. The van der Waals surface area contributed by atoms with Crippen molar-refractivity contribution in [2.24, 2.45) is 17.8 Å². The summed E-state index contributed by atoms with van der Waals surface area (Å²) in [6.45, 7) is 2.91. The molecule has 34 heavy (non-hydrogen) atoms. The second-order valence-electron chi connectivity index (χ2n) is 10.8. The van der Waals surface area contributed by atoms with E-state index in [2.05, 4.69) is 35.1 Å². The molecule has 1 heterocycles. The molecule has 3 aromatic rings. The van der Waals surface area contributed by atoms with Gasteiger partial charge in [0.2, 0.25) is 0 Å². The Balaban J connectivity index is 1.35. The van der Waals surface area contributed by atoms with Gasteiger partial charge in [-0.3, -0.25) is 0 Å². The molecule has 4 aliphatic carbocycles. The van der Waals surface area contributed by atoms with Gasteiger partial charge in [-0.05, 0) is 98.4 Å². The van der Waals surface area contributed by atoms with Crippen molar-refractivity contribution in [2.75, 3.05) is 6.61 Å². The van der Waals surface area contributed by atoms with Crippen molar-refractivity contribution in [3.8, 4) is 28.4 Å². The zero-order valence-electron chi connectivity index (χ0n) is 19.7. The van der Waals surface area contributed by atoms with Crippen LogP contribution in [-0.2, 0) is 5.41 Å². The van der Waals surface area contributed by atoms with E-state index in [0.29, 0.717) is 0 Å². The van der Waals surface area contributed by atoms with Crippen LogP contribution < -0.4 is 4.74 Å². The molecule has 0 spiro atoms. The molecule has 4 aliphatic rings. The van der Waals surface area contributed by atoms with E-state index >= 15 is 0 Å². The summed E-state index contributed by atoms with van der Waals surface area (Å²) in [6, 6.07) is 13.5. The second-order valence-corrected chi connectivity index (χ2v) is 10.8. The number of imidazole rings is 1. The molecule has 2 N–H and O–H groups in total. The van der Waals surface area contributed by atoms with Crippen molar-refractivity contribution >= 4 is 5.97 Å². The van der Waals surface area contributed by atoms with Gasteiger partial charge >= 0.3 is 5.97 Å². The van der Waals surface area contributed by atoms with Gasteiger partial charge in [-0.25, -0.2) is 9.78 Å². The third kappa shape index (κ3) is 3.71. The summed E-state index contributed by atoms with van der Waals surface area (Å²) in [5.74, 6) is 3.52. The van der Waals surface area contributed by atoms with Gasteiger partial charge in [-0.2, -0.15) is 0 Å². The zero-order chi connectivity index (χ0) is 23.3. The highest BCUT2D eigenvalue weighted by atomic mass is 16.5. The van der Waals surface area contributed by atoms with Crippen LogP contribution in [-0.4, -0.2) is 27.7 Å². The highest BCUT2D eigenvalue weighted by Gasteiger charge is 2.52. The van der Waals surface area contributed by atoms with E-state index in [1.54, 1.807) is 24.3 Å². The topological polar surface area (TPSA) is 75.2 Å². The zero-order valence-corrected chi connectivity index (χ0v) is 19.7. The van der Waals surface area contributed by atoms with Gasteiger partial charge in [0, 0.05) is 16.7 Å². The lowest BCUT2D eigenvalue weighted by atomic mass is 9.48. The first-order valence-corrected chi connectivity index (χ1v) is 12.7. The summed E-state index contributed by atoms with van der Waals surface area (Å²) in [5.41, 5.74) is 4.92. The van der Waals surface area contributed by atoms with E-state index in [-0.39, 0.29) is 11.0 Å². The third-order valence-corrected chi connectivity index (χ3v) is 8.34. The molecule has 0 unspecified atom stereocenters. The number of rotatable bonds is 7. The minimum atomic E-state index is -0.922. The predicted octanol–water partition coefficient (Wildman–Crippen LogP) is 6.70. The number of nitrogens with one attached hydrogen (secondary N) is 1. The van der Waals surface area contributed by atoms with Crippen LogP contribution in [0.25, 0.3) is 22.6 Å². The van der Waals surface area contributed by atoms with Crippen molar-refractivity contribution in [1.82, 2.24) is 9.97 Å². The summed E-state index contributed by atoms with van der Waals surface area (Å²) < 4.78 is 6.30. The van der Waals surface area contributed by atoms with Crippen LogP contribution in [0.3, 0.4) is 0 Å². The van der Waals surface area contributed by atoms with Crippen LogP contribution in [0.1, 0.15) is 67.8 Å². The van der Waals surface area contributed by atoms with Crippen molar-refractivity contribution in [3.05, 3.63) is 59.8 Å². The number of aromatic carboxylic acids is 1. The molecule has 0 aliphatic heterocycles. The maximum absolute atomic E-state index is 11.2. The molecule has 4 fully saturated rings. The summed E-state index contributed by atoms with van der Waals surface area (Å²) >= 11 is 0. The Kier molecular flexibility index (Phi) is 5.23. The predicted molar refractivity (Wildman–Crippen MR) is 132 cm³/mol. The van der Waals surface area contributed by atoms with E-state index in [4.69, 9.17) is 9.84 Å². The average Bonchev–Trinajstić information content (AvgIpc) is 3.32. The largest absolute Gasteiger partial charge is 0.493 e. The molecule has 0 saturated heterocycles. The fourth-order valence-corrected chi connectivity index (χ4v) is 7.28. The molecule has 5 heteroatoms. The lowest BCUT2D eigenvalue weighted by Crippen LogP contribution is -2.48. The Hall–Kier alpha value is -3.08. The molecule has 0 atom stereocenters. The highest BCUT2D eigenvalue weighted by molar-refractivity contribution is 5.88. The van der Waals surface area contributed by atoms with Gasteiger partial charge in [-0.1, -0.05) is 19.1 Å². The number of hydrogen-bond donors (Lipinski definition) is 2. The van der Waals surface area contributed by atoms with Crippen LogP contribution in [0.2, 0.25) is 0 Å². The summed E-state index contributed by atoms with van der Waals surface area (Å²) in [5, 5.41) is 9.16. The molecule has 0 radical (unpaired) electrons. The molecule has 4 saturated carbocycles. The molecule has 176 valence electrons. The normalized spacial score (nSPS) is 27.1. The van der Waals surface area contributed by atoms with Crippen molar-refractivity contribution in [3.63, 3.8) is 0 Å². The SMILES string of the molecule is CCCOc1ccc(-c2cnc(-c3ccc(C(=O)O)cc3)[nH]2)cc1C12CC3CC(CC(C3)C1)C2. The Morgan fingerprint density at radius 2 is 1.68 bits per heavy atom. The lowest BCUT2D eigenvalue weighted by molar-refractivity contribution is -0.00636. The van der Waals surface area contributed by atoms with Crippen LogP contribution in [0.15, 0.2) is 48.7 Å². The van der Waals surface area contributed by atoms with Gasteiger partial charge < -0.3 is 14.8 Å². The fourth-order valence-electron chi connectivity index (χ4n) is 7.28.